The predicted molar refractivity (Wildman–Crippen MR) is 437 cm³/mol. The van der Waals surface area contributed by atoms with Gasteiger partial charge in [0, 0.05) is 29.1 Å². The predicted octanol–water partition coefficient (Wildman–Crippen LogP) is 2.08. The molecule has 124 heavy (non-hydrogen) atoms. The van der Waals surface area contributed by atoms with E-state index < -0.39 is 226 Å². The smallest absolute Gasteiger partial charge is 0.333 e. The molecule has 18 rings (SSSR count). The molecule has 6 aromatic rings. The third kappa shape index (κ3) is 17.7. The van der Waals surface area contributed by atoms with Crippen molar-refractivity contribution >= 4 is 75.9 Å². The summed E-state index contributed by atoms with van der Waals surface area (Å²) < 4.78 is 54.9. The molecule has 6 fully saturated rings. The highest BCUT2D eigenvalue weighted by atomic mass is 35.5. The number of nitrogens with two attached hydrogens (primary N) is 1. The van der Waals surface area contributed by atoms with Crippen molar-refractivity contribution in [3.05, 3.63) is 158 Å². The van der Waals surface area contributed by atoms with E-state index in [1.54, 1.807) is 19.1 Å². The fourth-order valence-electron chi connectivity index (χ4n) is 18.9. The minimum Gasteiger partial charge on any atom is -0.508 e. The third-order valence-electron chi connectivity index (χ3n) is 25.0. The number of hydrogen-bond donors (Lipinski definition) is 20. The van der Waals surface area contributed by atoms with Crippen molar-refractivity contribution in [2.75, 3.05) is 13.7 Å². The number of carbonyl (C=O) groups is 9. The van der Waals surface area contributed by atoms with Gasteiger partial charge in [0.2, 0.25) is 65.1 Å². The van der Waals surface area contributed by atoms with Crippen molar-refractivity contribution in [3.8, 4) is 45.6 Å². The van der Waals surface area contributed by atoms with Crippen LogP contribution in [0.25, 0.3) is 11.1 Å². The Morgan fingerprint density at radius 3 is 1.98 bits per heavy atom. The Morgan fingerprint density at radius 1 is 0.694 bits per heavy atom. The molecule has 0 radical (unpaired) electrons. The molecule has 0 spiro atoms. The molecule has 4 saturated carbocycles. The Hall–Kier alpha value is -10.3. The lowest BCUT2D eigenvalue weighted by atomic mass is 9.54. The van der Waals surface area contributed by atoms with Gasteiger partial charge < -0.3 is 123 Å². The van der Waals surface area contributed by atoms with Gasteiger partial charge in [-0.25, -0.2) is 9.00 Å². The van der Waals surface area contributed by atoms with Crippen molar-refractivity contribution in [1.29, 1.82) is 0 Å². The minimum absolute atomic E-state index is 0.0646. The number of amides is 10. The van der Waals surface area contributed by atoms with Crippen molar-refractivity contribution in [1.82, 2.24) is 52.6 Å². The zero-order valence-electron chi connectivity index (χ0n) is 68.4. The SMILES string of the molecule is CN[C@H](CC(C)C)C(=O)N[C@H]1C(=O)N[C@@H](CC(=O)NC(=O)NS(=O)c2ccc(C)cc2)C(=O)N[C@H]2C(=O)N[C@H]3C(=O)N[C@H](C(=O)N[C@H](C(=O)NC4C5CC6CC(C5)CC4C6)c4cc(O)cc5c4-c4cc3ccc4C5(O)O)[C@H](O)c3ccc(c(Cl)c3)Oc3cc2cc(c3O[C@@H]2O[C@H](CO)[C@@H](O)[C@H](O)[C@H]2O[C@H]2C[C@](C)(N)[C@H](O)[C@H](C)O2)Oc2ccc(cc2C)[C@H]1O. The van der Waals surface area contributed by atoms with Crippen LogP contribution in [-0.4, -0.2) is 202 Å². The highest BCUT2D eigenvalue weighted by molar-refractivity contribution is 7.83. The average Bonchev–Trinajstić information content (AvgIpc) is 1.54. The van der Waals surface area contributed by atoms with Crippen LogP contribution in [0.3, 0.4) is 0 Å². The van der Waals surface area contributed by atoms with E-state index in [-0.39, 0.29) is 103 Å². The standard InChI is InChI=1S/C86H100ClN11O25S/c1-34(2)18-53(89-7)76(107)96-67-69(102)41-11-16-55(36(4)19-41)119-57-27-45-28-58(73(57)123-83-74(72(105)71(104)59(33-99)121-83)122-61-32-85(6,88)75(106)37(5)118-61)120-56-17-12-42(26-52(56)87)70(103)68-82(113)95-66(80(111)92-63-43-21-38-20-39(23-43)24-44(63)22-38)49-29-46(100)30-51-62(49)48-25-40(10-15-50(48)86(51,115)116)64(78(109)97-68)94-79(110)65(45)93-77(108)54(90-81(67)112)31-60(101)91-84(114)98-124(117)47-13-8-35(3)9-14-47/h8-17,19,25-30,34,37-39,43-44,53-54,59,61,63-72,74-75,83,89,99-100,102-106,115-116H,18,20-24,31-33,88H2,1-7H3,(H,90,112)(H,92,111)(H,93,108)(H,94,110)(H,95,113)(H,96,107)(H,97,109)(H2,91,98,101,114)/t37-,38?,39?,43?,44?,53+,54-,59+,61-,63?,64+,65+,66-,67+,68-,69+,70+,71+,72-,74+,75+,83-,85-,124?/m0/s1. The summed E-state index contributed by atoms with van der Waals surface area (Å²) in [4.78, 5) is 139. The minimum atomic E-state index is -3.00. The van der Waals surface area contributed by atoms with E-state index in [0.29, 0.717) is 11.8 Å². The number of benzene rings is 6. The number of carbonyl (C=O) groups excluding carboxylic acids is 9. The van der Waals surface area contributed by atoms with Crippen LogP contribution in [0.5, 0.6) is 34.5 Å². The number of aromatic hydroxyl groups is 1. The number of urea groups is 1. The molecule has 10 amide bonds. The Bertz CT molecular complexity index is 5230. The summed E-state index contributed by atoms with van der Waals surface area (Å²) in [6.07, 6.45) is -14.4. The number of ether oxygens (including phenoxy) is 6. The molecular weight excluding hydrogens is 1650 g/mol. The van der Waals surface area contributed by atoms with E-state index in [0.717, 1.165) is 68.0 Å². The number of phenols is 1. The summed E-state index contributed by atoms with van der Waals surface area (Å²) in [7, 11) is -0.834. The van der Waals surface area contributed by atoms with Gasteiger partial charge in [-0.3, -0.25) is 48.4 Å². The second-order valence-corrected chi connectivity index (χ2v) is 36.1. The second-order valence-electron chi connectivity index (χ2n) is 34.5. The molecular formula is C86H100ClN11O25S. The summed E-state index contributed by atoms with van der Waals surface area (Å²) in [6, 6.07) is 5.74. The van der Waals surface area contributed by atoms with Crippen molar-refractivity contribution in [2.45, 2.75) is 219 Å². The summed E-state index contributed by atoms with van der Waals surface area (Å²) in [5.74, 6) is -14.9. The van der Waals surface area contributed by atoms with Crippen LogP contribution in [0.1, 0.15) is 159 Å². The molecule has 12 aliphatic rings. The molecule has 7 heterocycles. The molecule has 36 nitrogen and oxygen atoms in total. The van der Waals surface area contributed by atoms with Crippen LogP contribution in [0.2, 0.25) is 5.02 Å². The van der Waals surface area contributed by atoms with Crippen molar-refractivity contribution in [3.63, 3.8) is 0 Å². The summed E-state index contributed by atoms with van der Waals surface area (Å²) in [5.41, 5.74) is 4.00. The van der Waals surface area contributed by atoms with Gasteiger partial charge >= 0.3 is 6.03 Å². The van der Waals surface area contributed by atoms with Gasteiger partial charge in [-0.2, -0.15) is 0 Å². The normalized spacial score (nSPS) is 31.4. The van der Waals surface area contributed by atoms with E-state index in [4.69, 9.17) is 45.8 Å². The topological polar surface area (TPSA) is 554 Å². The number of imide groups is 1. The number of aryl methyl sites for hydroxylation is 2. The molecule has 15 bridgehead atoms. The van der Waals surface area contributed by atoms with Gasteiger partial charge in [-0.1, -0.05) is 67.4 Å². The fraction of sp³-hybridized carbons (Fsp3) is 0.477. The number of halogens is 1. The number of likely N-dealkylation sites (N-methyl/N-ethyl adjacent to an activating group) is 1. The maximum Gasteiger partial charge on any atom is 0.333 e. The van der Waals surface area contributed by atoms with E-state index in [9.17, 15) is 64.6 Å². The Kier molecular flexibility index (Phi) is 25.2. The molecule has 2 saturated heterocycles. The number of phenolic OH excluding ortho intramolecular Hbond substituents is 1. The lowest BCUT2D eigenvalue weighted by molar-refractivity contribution is -0.333. The largest absolute Gasteiger partial charge is 0.508 e. The molecule has 5 aliphatic carbocycles. The number of hydrogen-bond acceptors (Lipinski definition) is 27. The molecule has 21 N–H and O–H groups in total. The van der Waals surface area contributed by atoms with Gasteiger partial charge in [0.1, 0.15) is 84.0 Å². The molecule has 19 atom stereocenters. The Labute approximate surface area is 718 Å². The van der Waals surface area contributed by atoms with E-state index in [2.05, 4.69) is 47.3 Å². The van der Waals surface area contributed by atoms with Crippen LogP contribution < -0.4 is 72.5 Å². The van der Waals surface area contributed by atoms with E-state index in [1.807, 2.05) is 19.2 Å². The monoisotopic (exact) mass is 1750 g/mol. The average molecular weight is 1760 g/mol. The zero-order chi connectivity index (χ0) is 88.7. The molecule has 662 valence electrons. The van der Waals surface area contributed by atoms with E-state index in [1.165, 1.54) is 88.5 Å². The first-order chi connectivity index (χ1) is 58.8. The summed E-state index contributed by atoms with van der Waals surface area (Å²) >= 11 is 7.30. The molecule has 1 unspecified atom stereocenters. The van der Waals surface area contributed by atoms with Crippen molar-refractivity contribution < 1.29 is 122 Å². The second kappa shape index (κ2) is 35.2. The van der Waals surface area contributed by atoms with Gasteiger partial charge in [0.15, 0.2) is 34.9 Å². The van der Waals surface area contributed by atoms with Crippen LogP contribution in [0, 0.1) is 43.4 Å². The molecule has 7 aliphatic heterocycles. The van der Waals surface area contributed by atoms with Crippen molar-refractivity contribution in [2.24, 2.45) is 35.3 Å². The summed E-state index contributed by atoms with van der Waals surface area (Å²) in [6.45, 7) is 8.96. The van der Waals surface area contributed by atoms with E-state index >= 15 is 28.8 Å². The maximum absolute atomic E-state index is 16.7. The van der Waals surface area contributed by atoms with Crippen LogP contribution in [0.4, 0.5) is 4.79 Å². The first kappa shape index (κ1) is 88.5. The summed E-state index contributed by atoms with van der Waals surface area (Å²) in [5, 5.41) is 131. The van der Waals surface area contributed by atoms with Gasteiger partial charge in [-0.15, -0.1) is 0 Å². The molecule has 6 aromatic carbocycles. The quantitative estimate of drug-likeness (QED) is 0.0617. The maximum atomic E-state index is 16.7. The Balaban J connectivity index is 0.922. The lowest BCUT2D eigenvalue weighted by Crippen LogP contribution is -2.64. The first-order valence-corrected chi connectivity index (χ1v) is 42.6. The van der Waals surface area contributed by atoms with Crippen LogP contribution in [-0.2, 0) is 69.3 Å². The van der Waals surface area contributed by atoms with Gasteiger partial charge in [0.25, 0.3) is 0 Å². The van der Waals surface area contributed by atoms with Gasteiger partial charge in [0.05, 0.1) is 41.2 Å². The Morgan fingerprint density at radius 2 is 1.33 bits per heavy atom. The fourth-order valence-corrected chi connectivity index (χ4v) is 19.8. The lowest BCUT2D eigenvalue weighted by Gasteiger charge is -2.54. The van der Waals surface area contributed by atoms with Crippen LogP contribution in [0.15, 0.2) is 108 Å². The number of aliphatic hydroxyl groups is 8. The van der Waals surface area contributed by atoms with Crippen LogP contribution >= 0.6 is 11.6 Å². The molecule has 38 heteroatoms. The first-order valence-electron chi connectivity index (χ1n) is 41.1. The number of rotatable bonds is 16. The molecule has 0 aromatic heterocycles. The highest BCUT2D eigenvalue weighted by Crippen LogP contribution is 2.56. The zero-order valence-corrected chi connectivity index (χ0v) is 70.0. The highest BCUT2D eigenvalue weighted by Gasteiger charge is 2.54. The number of fused-ring (bicyclic) bond motifs is 12. The number of nitrogens with one attached hydrogen (secondary N) is 10. The third-order valence-corrected chi connectivity index (χ3v) is 26.4. The van der Waals surface area contributed by atoms with Gasteiger partial charge in [-0.05, 0) is 214 Å². The number of aliphatic hydroxyl groups excluding tert-OH is 6.